The lowest BCUT2D eigenvalue weighted by Gasteiger charge is -2.38. The molecule has 0 bridgehead atoms. The van der Waals surface area contributed by atoms with Crippen molar-refractivity contribution in [2.24, 2.45) is 5.92 Å². The number of hydrogen-bond acceptors (Lipinski definition) is 9. The molecule has 1 atom stereocenters. The predicted molar refractivity (Wildman–Crippen MR) is 116 cm³/mol. The van der Waals surface area contributed by atoms with Crippen LogP contribution in [-0.4, -0.2) is 64.3 Å². The third-order valence-electron chi connectivity index (χ3n) is 5.66. The molecule has 0 amide bonds. The van der Waals surface area contributed by atoms with Crippen molar-refractivity contribution < 1.29 is 40.1 Å². The van der Waals surface area contributed by atoms with Crippen molar-refractivity contribution in [2.75, 3.05) is 25.2 Å². The van der Waals surface area contributed by atoms with Gasteiger partial charge in [-0.25, -0.2) is 13.2 Å². The first kappa shape index (κ1) is 27.6. The van der Waals surface area contributed by atoms with Gasteiger partial charge >= 0.3 is 11.9 Å². The fourth-order valence-electron chi connectivity index (χ4n) is 3.27. The zero-order valence-electron chi connectivity index (χ0n) is 18.7. The van der Waals surface area contributed by atoms with E-state index in [1.165, 1.54) is 0 Å². The van der Waals surface area contributed by atoms with Crippen LogP contribution in [0.15, 0.2) is 12.7 Å². The van der Waals surface area contributed by atoms with E-state index in [0.29, 0.717) is 0 Å². The van der Waals surface area contributed by atoms with Crippen LogP contribution in [0, 0.1) is 5.92 Å². The minimum absolute atomic E-state index is 0.0589. The van der Waals surface area contributed by atoms with Gasteiger partial charge in [-0.2, -0.15) is 8.42 Å². The van der Waals surface area contributed by atoms with Crippen molar-refractivity contribution in [2.45, 2.75) is 69.6 Å². The first-order valence-corrected chi connectivity index (χ1v) is 13.7. The molecule has 0 spiro atoms. The molecule has 11 heteroatoms. The van der Waals surface area contributed by atoms with E-state index in [1.54, 1.807) is 13.8 Å². The summed E-state index contributed by atoms with van der Waals surface area (Å²) in [4.78, 5) is 23.9. The summed E-state index contributed by atoms with van der Waals surface area (Å²) < 4.78 is 62.1. The molecule has 1 unspecified atom stereocenters. The normalized spacial score (nSPS) is 18.1. The van der Waals surface area contributed by atoms with E-state index in [1.807, 2.05) is 0 Å². The first-order valence-electron chi connectivity index (χ1n) is 10.2. The molecule has 1 fully saturated rings. The number of rotatable bonds is 12. The Labute approximate surface area is 185 Å². The molecule has 1 aliphatic carbocycles. The van der Waals surface area contributed by atoms with Crippen molar-refractivity contribution in [3.05, 3.63) is 12.7 Å². The van der Waals surface area contributed by atoms with Crippen LogP contribution in [0.4, 0.5) is 0 Å². The van der Waals surface area contributed by atoms with Crippen LogP contribution in [0.2, 0.25) is 0 Å². The molecule has 1 saturated carbocycles. The van der Waals surface area contributed by atoms with Crippen LogP contribution in [0.3, 0.4) is 0 Å². The van der Waals surface area contributed by atoms with Gasteiger partial charge in [0.1, 0.15) is 5.60 Å². The molecule has 0 aromatic heterocycles. The summed E-state index contributed by atoms with van der Waals surface area (Å²) >= 11 is 0. The van der Waals surface area contributed by atoms with Gasteiger partial charge in [-0.15, -0.1) is 0 Å². The number of ether oxygens (including phenoxy) is 2. The van der Waals surface area contributed by atoms with Gasteiger partial charge in [0, 0.05) is 12.3 Å². The molecular weight excluding hydrogens is 448 g/mol. The fraction of sp³-hybridized carbons (Fsp3) is 0.800. The van der Waals surface area contributed by atoms with Crippen LogP contribution >= 0.6 is 0 Å². The van der Waals surface area contributed by atoms with E-state index in [2.05, 4.69) is 11.3 Å². The summed E-state index contributed by atoms with van der Waals surface area (Å²) in [6.07, 6.45) is 6.61. The fourth-order valence-corrected chi connectivity index (χ4v) is 4.97. The van der Waals surface area contributed by atoms with Crippen LogP contribution in [0.5, 0.6) is 0 Å². The molecule has 0 N–H and O–H groups in total. The summed E-state index contributed by atoms with van der Waals surface area (Å²) in [6, 6.07) is 0. The van der Waals surface area contributed by atoms with E-state index in [0.717, 1.165) is 51.4 Å². The summed E-state index contributed by atoms with van der Waals surface area (Å²) in [5, 5.41) is 0. The highest BCUT2D eigenvalue weighted by atomic mass is 32.2. The Morgan fingerprint density at radius 3 is 2.16 bits per heavy atom. The van der Waals surface area contributed by atoms with E-state index in [4.69, 9.17) is 8.92 Å². The first-order chi connectivity index (χ1) is 14.1. The number of hydrogen-bond donors (Lipinski definition) is 0. The molecule has 180 valence electrons. The van der Waals surface area contributed by atoms with Crippen LogP contribution in [0.25, 0.3) is 0 Å². The van der Waals surface area contributed by atoms with Crippen LogP contribution < -0.4 is 0 Å². The molecule has 0 radical (unpaired) electrons. The smallest absolute Gasteiger partial charge is 0.330 e. The second-order valence-corrected chi connectivity index (χ2v) is 12.8. The maximum atomic E-state index is 12.9. The molecule has 0 heterocycles. The Kier molecular flexibility index (Phi) is 9.71. The van der Waals surface area contributed by atoms with Gasteiger partial charge in [0.15, 0.2) is 14.6 Å². The van der Waals surface area contributed by atoms with Gasteiger partial charge in [-0.1, -0.05) is 25.8 Å². The molecule has 0 aliphatic heterocycles. The lowest BCUT2D eigenvalue weighted by Crippen LogP contribution is -2.52. The van der Waals surface area contributed by atoms with E-state index in [9.17, 15) is 26.4 Å². The third-order valence-corrected chi connectivity index (χ3v) is 8.84. The van der Waals surface area contributed by atoms with Crippen molar-refractivity contribution in [3.63, 3.8) is 0 Å². The lowest BCUT2D eigenvalue weighted by molar-refractivity contribution is -0.166. The van der Waals surface area contributed by atoms with Gasteiger partial charge in [0.2, 0.25) is 0 Å². The monoisotopic (exact) mass is 482 g/mol. The quantitative estimate of drug-likeness (QED) is 0.178. The number of carbonyl (C=O) groups is 2. The molecule has 9 nitrogen and oxygen atoms in total. The lowest BCUT2D eigenvalue weighted by atomic mass is 9.78. The summed E-state index contributed by atoms with van der Waals surface area (Å²) in [7, 11) is -8.24. The van der Waals surface area contributed by atoms with Gasteiger partial charge < -0.3 is 9.47 Å². The van der Waals surface area contributed by atoms with E-state index >= 15 is 0 Å². The Morgan fingerprint density at radius 2 is 1.65 bits per heavy atom. The summed E-state index contributed by atoms with van der Waals surface area (Å²) in [5.41, 5.74) is -0.892. The highest BCUT2D eigenvalue weighted by Gasteiger charge is 2.49. The Bertz CT molecular complexity index is 853. The second-order valence-electron chi connectivity index (χ2n) is 8.58. The van der Waals surface area contributed by atoms with E-state index < -0.39 is 54.6 Å². The largest absolute Gasteiger partial charge is 0.463 e. The Balaban J connectivity index is 2.83. The number of sulfone groups is 1. The second kappa shape index (κ2) is 10.9. The molecule has 31 heavy (non-hydrogen) atoms. The molecule has 1 aliphatic rings. The molecular formula is C20H34O9S2. The molecule has 1 rings (SSSR count). The van der Waals surface area contributed by atoms with Crippen molar-refractivity contribution in [1.82, 2.24) is 0 Å². The minimum atomic E-state index is -4.17. The van der Waals surface area contributed by atoms with Crippen LogP contribution in [0.1, 0.15) is 59.3 Å². The van der Waals surface area contributed by atoms with Gasteiger partial charge in [0.05, 0.1) is 19.0 Å². The van der Waals surface area contributed by atoms with E-state index in [-0.39, 0.29) is 18.9 Å². The Hall–Kier alpha value is -1.46. The third kappa shape index (κ3) is 8.19. The standard InChI is InChI=1S/C20H34O9S2/c1-6-17(21)27-13-10-14-31(25,26)28-15-20(4,30(5,23)24)18(22)29-19(2,3)16-11-8-7-9-12-16/h6,16H,1,7-15H2,2-5H3. The summed E-state index contributed by atoms with van der Waals surface area (Å²) in [5.74, 6) is -2.15. The SMILES string of the molecule is C=CC(=O)OCCCS(=O)(=O)OCC(C)(C(=O)OC(C)(C)C1CCCCC1)S(C)(=O)=O. The Morgan fingerprint density at radius 1 is 1.06 bits per heavy atom. The maximum Gasteiger partial charge on any atom is 0.330 e. The highest BCUT2D eigenvalue weighted by Crippen LogP contribution is 2.36. The van der Waals surface area contributed by atoms with Gasteiger partial charge in [-0.05, 0) is 46.0 Å². The molecule has 0 aromatic carbocycles. The van der Waals surface area contributed by atoms with Crippen molar-refractivity contribution in [1.29, 1.82) is 0 Å². The van der Waals surface area contributed by atoms with Crippen molar-refractivity contribution >= 4 is 31.9 Å². The highest BCUT2D eigenvalue weighted by molar-refractivity contribution is 7.93. The average molecular weight is 483 g/mol. The van der Waals surface area contributed by atoms with Gasteiger partial charge in [0.25, 0.3) is 10.1 Å². The van der Waals surface area contributed by atoms with Crippen molar-refractivity contribution in [3.8, 4) is 0 Å². The predicted octanol–water partition coefficient (Wildman–Crippen LogP) is 2.16. The molecule has 0 saturated heterocycles. The topological polar surface area (TPSA) is 130 Å². The van der Waals surface area contributed by atoms with Gasteiger partial charge in [-0.3, -0.25) is 8.98 Å². The minimum Gasteiger partial charge on any atom is -0.463 e. The van der Waals surface area contributed by atoms with Crippen LogP contribution in [-0.2, 0) is 43.2 Å². The maximum absolute atomic E-state index is 12.9. The number of esters is 2. The average Bonchev–Trinajstić information content (AvgIpc) is 2.68. The summed E-state index contributed by atoms with van der Waals surface area (Å²) in [6.45, 7) is 6.73. The number of carbonyl (C=O) groups excluding carboxylic acids is 2. The zero-order valence-corrected chi connectivity index (χ0v) is 20.3. The molecule has 0 aromatic rings. The zero-order chi connectivity index (χ0) is 23.9.